The summed E-state index contributed by atoms with van der Waals surface area (Å²) in [6.45, 7) is 5.39. The highest BCUT2D eigenvalue weighted by Crippen LogP contribution is 2.32. The zero-order valence-electron chi connectivity index (χ0n) is 14.2. The lowest BCUT2D eigenvalue weighted by molar-refractivity contribution is -0.135. The molecule has 0 unspecified atom stereocenters. The van der Waals surface area contributed by atoms with Gasteiger partial charge in [-0.25, -0.2) is 4.98 Å². The van der Waals surface area contributed by atoms with E-state index in [1.165, 1.54) is 0 Å². The number of nitrogens with zero attached hydrogens (tertiary/aromatic N) is 3. The lowest BCUT2D eigenvalue weighted by Crippen LogP contribution is -2.41. The Morgan fingerprint density at radius 3 is 2.71 bits per heavy atom. The van der Waals surface area contributed by atoms with Crippen LogP contribution in [0.25, 0.3) is 0 Å². The molecule has 1 atom stereocenters. The van der Waals surface area contributed by atoms with Crippen LogP contribution in [0.1, 0.15) is 38.3 Å². The summed E-state index contributed by atoms with van der Waals surface area (Å²) >= 11 is 0. The molecule has 5 heteroatoms. The van der Waals surface area contributed by atoms with Crippen molar-refractivity contribution >= 4 is 5.91 Å². The Morgan fingerprint density at radius 1 is 1.21 bits per heavy atom. The number of rotatable bonds is 4. The topological polar surface area (TPSA) is 55.3 Å². The second-order valence-corrected chi connectivity index (χ2v) is 6.44. The third kappa shape index (κ3) is 3.72. The molecule has 2 heterocycles. The second kappa shape index (κ2) is 7.43. The van der Waals surface area contributed by atoms with Crippen LogP contribution in [-0.4, -0.2) is 33.9 Å². The molecule has 1 aromatic heterocycles. The van der Waals surface area contributed by atoms with Crippen molar-refractivity contribution in [3.05, 3.63) is 48.4 Å². The molecule has 126 valence electrons. The summed E-state index contributed by atoms with van der Waals surface area (Å²) in [5, 5.41) is 0. The quantitative estimate of drug-likeness (QED) is 0.861. The van der Waals surface area contributed by atoms with Crippen LogP contribution in [0.15, 0.2) is 42.7 Å². The zero-order chi connectivity index (χ0) is 16.9. The van der Waals surface area contributed by atoms with Gasteiger partial charge in [-0.15, -0.1) is 0 Å². The summed E-state index contributed by atoms with van der Waals surface area (Å²) < 4.78 is 5.93. The third-order valence-corrected chi connectivity index (χ3v) is 4.26. The fraction of sp³-hybridized carbons (Fsp3) is 0.421. The van der Waals surface area contributed by atoms with Crippen LogP contribution in [-0.2, 0) is 4.79 Å². The van der Waals surface area contributed by atoms with Gasteiger partial charge in [-0.2, -0.15) is 0 Å². The fourth-order valence-electron chi connectivity index (χ4n) is 3.06. The first-order valence-corrected chi connectivity index (χ1v) is 8.47. The van der Waals surface area contributed by atoms with Gasteiger partial charge in [0.25, 0.3) is 0 Å². The summed E-state index contributed by atoms with van der Waals surface area (Å²) in [6, 6.07) is 9.59. The molecular formula is C19H23N3O2. The highest BCUT2D eigenvalue weighted by Gasteiger charge is 2.29. The highest BCUT2D eigenvalue weighted by atomic mass is 16.5. The molecular weight excluding hydrogens is 302 g/mol. The van der Waals surface area contributed by atoms with Gasteiger partial charge < -0.3 is 9.64 Å². The Balaban J connectivity index is 1.80. The number of benzene rings is 1. The van der Waals surface area contributed by atoms with Crippen molar-refractivity contribution in [1.29, 1.82) is 0 Å². The van der Waals surface area contributed by atoms with E-state index in [2.05, 4.69) is 9.97 Å². The number of hydrogen-bond acceptors (Lipinski definition) is 4. The van der Waals surface area contributed by atoms with Crippen molar-refractivity contribution in [2.75, 3.05) is 13.1 Å². The van der Waals surface area contributed by atoms with Gasteiger partial charge in [0, 0.05) is 37.3 Å². The van der Waals surface area contributed by atoms with Crippen molar-refractivity contribution in [2.45, 2.75) is 32.6 Å². The molecule has 5 nitrogen and oxygen atoms in total. The van der Waals surface area contributed by atoms with Gasteiger partial charge in [0.2, 0.25) is 11.8 Å². The molecule has 0 saturated carbocycles. The number of likely N-dealkylation sites (tertiary alicyclic amines) is 1. The standard InChI is InChI=1S/C19H23N3O2/c1-14(2)19(23)22-12-6-7-15(13-22)17-18(21-11-10-20-17)24-16-8-4-3-5-9-16/h3-5,8-11,14-15H,6-7,12-13H2,1-2H3/t15-/m1/s1. The summed E-state index contributed by atoms with van der Waals surface area (Å²) in [4.78, 5) is 23.1. The van der Waals surface area contributed by atoms with Crippen LogP contribution < -0.4 is 4.74 Å². The van der Waals surface area contributed by atoms with Crippen LogP contribution in [0.5, 0.6) is 11.6 Å². The summed E-state index contributed by atoms with van der Waals surface area (Å²) in [7, 11) is 0. The Kier molecular flexibility index (Phi) is 5.08. The van der Waals surface area contributed by atoms with E-state index in [0.29, 0.717) is 12.4 Å². The molecule has 0 radical (unpaired) electrons. The molecule has 2 aromatic rings. The van der Waals surface area contributed by atoms with Gasteiger partial charge in [-0.1, -0.05) is 32.0 Å². The van der Waals surface area contributed by atoms with Crippen LogP contribution in [0, 0.1) is 5.92 Å². The van der Waals surface area contributed by atoms with E-state index in [1.54, 1.807) is 12.4 Å². The van der Waals surface area contributed by atoms with E-state index in [1.807, 2.05) is 49.1 Å². The number of hydrogen-bond donors (Lipinski definition) is 0. The van der Waals surface area contributed by atoms with Gasteiger partial charge in [-0.05, 0) is 25.0 Å². The van der Waals surface area contributed by atoms with Crippen molar-refractivity contribution in [1.82, 2.24) is 14.9 Å². The first-order valence-electron chi connectivity index (χ1n) is 8.47. The number of carbonyl (C=O) groups is 1. The van der Waals surface area contributed by atoms with E-state index in [-0.39, 0.29) is 17.7 Å². The molecule has 24 heavy (non-hydrogen) atoms. The summed E-state index contributed by atoms with van der Waals surface area (Å²) in [5.41, 5.74) is 0.836. The summed E-state index contributed by atoms with van der Waals surface area (Å²) in [5.74, 6) is 1.66. The first kappa shape index (κ1) is 16.4. The van der Waals surface area contributed by atoms with Crippen molar-refractivity contribution in [3.8, 4) is 11.6 Å². The molecule has 1 aromatic carbocycles. The van der Waals surface area contributed by atoms with Crippen LogP contribution in [0.2, 0.25) is 0 Å². The minimum absolute atomic E-state index is 0.0191. The van der Waals surface area contributed by atoms with Crippen molar-refractivity contribution in [3.63, 3.8) is 0 Å². The van der Waals surface area contributed by atoms with Gasteiger partial charge in [0.1, 0.15) is 11.4 Å². The fourth-order valence-corrected chi connectivity index (χ4v) is 3.06. The molecule has 0 spiro atoms. The van der Waals surface area contributed by atoms with Crippen LogP contribution >= 0.6 is 0 Å². The Bertz CT molecular complexity index is 688. The van der Waals surface area contributed by atoms with E-state index in [9.17, 15) is 4.79 Å². The van der Waals surface area contributed by atoms with Crippen LogP contribution in [0.3, 0.4) is 0 Å². The lowest BCUT2D eigenvalue weighted by Gasteiger charge is -2.33. The number of ether oxygens (including phenoxy) is 1. The minimum atomic E-state index is 0.0191. The molecule has 1 saturated heterocycles. The Hall–Kier alpha value is -2.43. The second-order valence-electron chi connectivity index (χ2n) is 6.44. The maximum absolute atomic E-state index is 12.3. The average Bonchev–Trinajstić information content (AvgIpc) is 2.62. The maximum atomic E-state index is 12.3. The molecule has 0 bridgehead atoms. The number of carbonyl (C=O) groups excluding carboxylic acids is 1. The monoisotopic (exact) mass is 325 g/mol. The predicted octanol–water partition coefficient (Wildman–Crippen LogP) is 3.63. The molecule has 1 aliphatic heterocycles. The number of aromatic nitrogens is 2. The normalized spacial score (nSPS) is 17.8. The predicted molar refractivity (Wildman–Crippen MR) is 91.9 cm³/mol. The highest BCUT2D eigenvalue weighted by molar-refractivity contribution is 5.78. The van der Waals surface area contributed by atoms with Gasteiger partial charge in [-0.3, -0.25) is 9.78 Å². The van der Waals surface area contributed by atoms with Crippen LogP contribution in [0.4, 0.5) is 0 Å². The number of para-hydroxylation sites is 1. The number of amides is 1. The Labute approximate surface area is 142 Å². The Morgan fingerprint density at radius 2 is 1.96 bits per heavy atom. The largest absolute Gasteiger partial charge is 0.437 e. The van der Waals surface area contributed by atoms with Gasteiger partial charge in [0.05, 0.1) is 0 Å². The number of piperidine rings is 1. The van der Waals surface area contributed by atoms with E-state index in [4.69, 9.17) is 4.74 Å². The van der Waals surface area contributed by atoms with Crippen molar-refractivity contribution < 1.29 is 9.53 Å². The molecule has 1 aliphatic rings. The van der Waals surface area contributed by atoms with E-state index in [0.717, 1.165) is 30.8 Å². The molecule has 3 rings (SSSR count). The lowest BCUT2D eigenvalue weighted by atomic mass is 9.94. The van der Waals surface area contributed by atoms with Crippen molar-refractivity contribution in [2.24, 2.45) is 5.92 Å². The molecule has 0 N–H and O–H groups in total. The smallest absolute Gasteiger partial charge is 0.241 e. The molecule has 1 amide bonds. The molecule has 1 fully saturated rings. The third-order valence-electron chi connectivity index (χ3n) is 4.26. The molecule has 0 aliphatic carbocycles. The van der Waals surface area contributed by atoms with E-state index < -0.39 is 0 Å². The zero-order valence-corrected chi connectivity index (χ0v) is 14.2. The average molecular weight is 325 g/mol. The maximum Gasteiger partial charge on any atom is 0.241 e. The first-order chi connectivity index (χ1) is 11.6. The SMILES string of the molecule is CC(C)C(=O)N1CCC[C@@H](c2nccnc2Oc2ccccc2)C1. The minimum Gasteiger partial charge on any atom is -0.437 e. The summed E-state index contributed by atoms with van der Waals surface area (Å²) in [6.07, 6.45) is 5.30. The van der Waals surface area contributed by atoms with Gasteiger partial charge in [0.15, 0.2) is 0 Å². The van der Waals surface area contributed by atoms with E-state index >= 15 is 0 Å². The van der Waals surface area contributed by atoms with Gasteiger partial charge >= 0.3 is 0 Å².